The van der Waals surface area contributed by atoms with E-state index < -0.39 is 5.78 Å². The molecule has 1 N–H and O–H groups in total. The number of pyridine rings is 1. The summed E-state index contributed by atoms with van der Waals surface area (Å²) in [6.07, 6.45) is 2.92. The van der Waals surface area contributed by atoms with Crippen molar-refractivity contribution >= 4 is 11.5 Å². The van der Waals surface area contributed by atoms with Crippen LogP contribution in [0.4, 0.5) is 0 Å². The van der Waals surface area contributed by atoms with Crippen LogP contribution in [0.15, 0.2) is 30.2 Å². The molecule has 1 rings (SSSR count). The van der Waals surface area contributed by atoms with E-state index in [0.717, 1.165) is 0 Å². The number of Topliss-reactive ketones (excluding diaryl/α,β-unsaturated/α-hetero) is 1. The molecule has 0 aromatic carbocycles. The molecule has 0 spiro atoms. The fourth-order valence-electron chi connectivity index (χ4n) is 0.931. The largest absolute Gasteiger partial charge is 0.501 e. The molecule has 1 heterocycles. The molecule has 0 bridgehead atoms. The fraction of sp³-hybridized carbons (Fsp3) is 0.111. The highest BCUT2D eigenvalue weighted by atomic mass is 16.3. The summed E-state index contributed by atoms with van der Waals surface area (Å²) in [5.41, 5.74) is 0.0131. The average Bonchev–Trinajstić information content (AvgIpc) is 2.19. The predicted molar refractivity (Wildman–Crippen MR) is 49.6 cm³/mol. The lowest BCUT2D eigenvalue weighted by atomic mass is 10.1. The number of aromatic nitrogens is 1. The van der Waals surface area contributed by atoms with Gasteiger partial charge in [-0.1, -0.05) is 0 Å². The second kappa shape index (κ2) is 4.14. The number of diazo groups is 1. The molecule has 1 aromatic rings. The highest BCUT2D eigenvalue weighted by Crippen LogP contribution is 2.16. The van der Waals surface area contributed by atoms with Gasteiger partial charge >= 0.3 is 5.70 Å². The third-order valence-electron chi connectivity index (χ3n) is 1.61. The third kappa shape index (κ3) is 1.93. The Morgan fingerprint density at radius 2 is 2.07 bits per heavy atom. The zero-order valence-corrected chi connectivity index (χ0v) is 7.51. The predicted octanol–water partition coefficient (Wildman–Crippen LogP) is 1.75. The summed E-state index contributed by atoms with van der Waals surface area (Å²) in [7, 11) is 0. The number of allylic oxidation sites excluding steroid dienone is 1. The summed E-state index contributed by atoms with van der Waals surface area (Å²) < 4.78 is 0. The van der Waals surface area contributed by atoms with Crippen LogP contribution in [0.25, 0.3) is 10.7 Å². The number of rotatable bonds is 2. The molecular formula is C9H8N3O2+. The Labute approximate surface area is 80.3 Å². The van der Waals surface area contributed by atoms with Crippen molar-refractivity contribution in [3.05, 3.63) is 40.8 Å². The Kier molecular flexibility index (Phi) is 2.92. The number of hydrogen-bond donors (Lipinski definition) is 1. The van der Waals surface area contributed by atoms with E-state index in [1.54, 1.807) is 0 Å². The van der Waals surface area contributed by atoms with Gasteiger partial charge in [0.05, 0.1) is 0 Å². The lowest BCUT2D eigenvalue weighted by Gasteiger charge is -1.94. The van der Waals surface area contributed by atoms with E-state index in [-0.39, 0.29) is 11.5 Å². The van der Waals surface area contributed by atoms with Gasteiger partial charge in [0.25, 0.3) is 5.78 Å². The zero-order valence-electron chi connectivity index (χ0n) is 7.51. The second-order valence-electron chi connectivity index (χ2n) is 2.59. The van der Waals surface area contributed by atoms with Crippen LogP contribution in [-0.2, 0) is 4.79 Å². The van der Waals surface area contributed by atoms with Crippen LogP contribution in [0, 0.1) is 5.39 Å². The first-order valence-electron chi connectivity index (χ1n) is 3.86. The summed E-state index contributed by atoms with van der Waals surface area (Å²) in [5.74, 6) is -0.871. The Hall–Kier alpha value is -2.22. The summed E-state index contributed by atoms with van der Waals surface area (Å²) in [6, 6.07) is 3.01. The molecule has 5 heteroatoms. The number of aliphatic hydroxyl groups is 1. The standard InChI is InChI=1S/C9H7N3O2/c1-6(13)8(12-10)9(14)7-2-4-11-5-3-7/h2-5H,1H3/p+1. The molecule has 5 nitrogen and oxygen atoms in total. The summed E-state index contributed by atoms with van der Waals surface area (Å²) in [5, 5.41) is 18.0. The van der Waals surface area contributed by atoms with Crippen molar-refractivity contribution in [3.8, 4) is 0 Å². The normalized spacial score (nSPS) is 11.4. The van der Waals surface area contributed by atoms with Crippen molar-refractivity contribution in [2.24, 2.45) is 0 Å². The second-order valence-corrected chi connectivity index (χ2v) is 2.59. The number of carbonyl (C=O) groups is 1. The van der Waals surface area contributed by atoms with Crippen molar-refractivity contribution < 1.29 is 9.90 Å². The first-order valence-corrected chi connectivity index (χ1v) is 3.86. The number of ketones is 1. The monoisotopic (exact) mass is 190 g/mol. The summed E-state index contributed by atoms with van der Waals surface area (Å²) >= 11 is 0. The van der Waals surface area contributed by atoms with Crippen LogP contribution in [-0.4, -0.2) is 15.9 Å². The van der Waals surface area contributed by atoms with Gasteiger partial charge in [0, 0.05) is 24.9 Å². The van der Waals surface area contributed by atoms with Crippen LogP contribution in [0.5, 0.6) is 0 Å². The van der Waals surface area contributed by atoms with Gasteiger partial charge < -0.3 is 5.11 Å². The molecule has 0 amide bonds. The number of carbonyl (C=O) groups excluding carboxylic acids is 1. The van der Waals surface area contributed by atoms with Gasteiger partial charge in [0.2, 0.25) is 11.2 Å². The molecule has 0 unspecified atom stereocenters. The van der Waals surface area contributed by atoms with Gasteiger partial charge in [-0.05, 0) is 12.1 Å². The Morgan fingerprint density at radius 3 is 2.50 bits per heavy atom. The van der Waals surface area contributed by atoms with Gasteiger partial charge in [-0.25, -0.2) is 0 Å². The van der Waals surface area contributed by atoms with E-state index in [1.165, 1.54) is 31.5 Å². The quantitative estimate of drug-likeness (QED) is 0.437. The lowest BCUT2D eigenvalue weighted by molar-refractivity contribution is -0.113. The van der Waals surface area contributed by atoms with E-state index in [2.05, 4.69) is 9.96 Å². The Balaban J connectivity index is 3.23. The minimum atomic E-state index is -0.512. The molecule has 0 aliphatic heterocycles. The smallest absolute Gasteiger partial charge is 0.468 e. The summed E-state index contributed by atoms with van der Waals surface area (Å²) in [4.78, 5) is 17.4. The van der Waals surface area contributed by atoms with Crippen LogP contribution >= 0.6 is 0 Å². The van der Waals surface area contributed by atoms with E-state index in [0.29, 0.717) is 5.56 Å². The molecule has 0 saturated carbocycles. The zero-order chi connectivity index (χ0) is 10.6. The molecule has 0 atom stereocenters. The summed E-state index contributed by atoms with van der Waals surface area (Å²) in [6.45, 7) is 1.20. The first-order chi connectivity index (χ1) is 6.66. The number of nitrogens with zero attached hydrogens (tertiary/aromatic N) is 3. The van der Waals surface area contributed by atoms with E-state index in [1.807, 2.05) is 0 Å². The Bertz CT molecular complexity index is 417. The van der Waals surface area contributed by atoms with E-state index in [4.69, 9.17) is 5.39 Å². The molecule has 0 fully saturated rings. The van der Waals surface area contributed by atoms with Gasteiger partial charge in [0.15, 0.2) is 4.98 Å². The van der Waals surface area contributed by atoms with Gasteiger partial charge in [-0.3, -0.25) is 9.78 Å². The maximum absolute atomic E-state index is 10.9. The maximum atomic E-state index is 10.9. The van der Waals surface area contributed by atoms with Crippen molar-refractivity contribution in [1.29, 1.82) is 5.39 Å². The minimum absolute atomic E-state index is 0.359. The molecule has 0 radical (unpaired) electrons. The molecule has 0 aliphatic rings. The average molecular weight is 190 g/mol. The van der Waals surface area contributed by atoms with Gasteiger partial charge in [-0.2, -0.15) is 0 Å². The van der Waals surface area contributed by atoms with Gasteiger partial charge in [-0.15, -0.1) is 0 Å². The maximum Gasteiger partial charge on any atom is 0.468 e. The fourth-order valence-corrected chi connectivity index (χ4v) is 0.931. The molecular weight excluding hydrogens is 182 g/mol. The molecule has 70 valence electrons. The highest BCUT2D eigenvalue weighted by molar-refractivity contribution is 6.01. The van der Waals surface area contributed by atoms with Gasteiger partial charge in [0.1, 0.15) is 0 Å². The lowest BCUT2D eigenvalue weighted by Crippen LogP contribution is -1.97. The van der Waals surface area contributed by atoms with Crippen LogP contribution in [0.3, 0.4) is 0 Å². The van der Waals surface area contributed by atoms with Crippen molar-refractivity contribution in [1.82, 2.24) is 4.98 Å². The van der Waals surface area contributed by atoms with Crippen molar-refractivity contribution in [3.63, 3.8) is 0 Å². The Morgan fingerprint density at radius 1 is 1.50 bits per heavy atom. The topological polar surface area (TPSA) is 78.3 Å². The van der Waals surface area contributed by atoms with Crippen molar-refractivity contribution in [2.75, 3.05) is 0 Å². The molecule has 14 heavy (non-hydrogen) atoms. The molecule has 1 aromatic heterocycles. The highest BCUT2D eigenvalue weighted by Gasteiger charge is 2.25. The third-order valence-corrected chi connectivity index (χ3v) is 1.61. The van der Waals surface area contributed by atoms with Crippen LogP contribution < -0.4 is 0 Å². The SMILES string of the molecule is CC(=O)/C([N+]#N)=C(\O)c1ccncc1. The van der Waals surface area contributed by atoms with Crippen molar-refractivity contribution in [2.45, 2.75) is 6.92 Å². The van der Waals surface area contributed by atoms with E-state index in [9.17, 15) is 9.90 Å². The molecule has 0 saturated heterocycles. The van der Waals surface area contributed by atoms with Crippen LogP contribution in [0.2, 0.25) is 0 Å². The van der Waals surface area contributed by atoms with Crippen LogP contribution in [0.1, 0.15) is 12.5 Å². The first kappa shape index (κ1) is 9.86. The number of hydrogen-bond acceptors (Lipinski definition) is 4. The van der Waals surface area contributed by atoms with E-state index >= 15 is 0 Å². The molecule has 0 aliphatic carbocycles. The minimum Gasteiger partial charge on any atom is -0.501 e. The number of aliphatic hydroxyl groups excluding tert-OH is 1.